The van der Waals surface area contributed by atoms with E-state index < -0.39 is 5.54 Å². The van der Waals surface area contributed by atoms with Gasteiger partial charge in [-0.05, 0) is 34.6 Å². The van der Waals surface area contributed by atoms with Crippen molar-refractivity contribution in [3.8, 4) is 0 Å². The maximum atomic E-state index is 12.1. The molecule has 1 saturated heterocycles. The van der Waals surface area contributed by atoms with E-state index in [1.165, 1.54) is 4.90 Å². The molecule has 0 aromatic heterocycles. The predicted molar refractivity (Wildman–Crippen MR) is 77.7 cm³/mol. The number of ether oxygens (including phenoxy) is 1. The van der Waals surface area contributed by atoms with Gasteiger partial charge in [-0.2, -0.15) is 0 Å². The van der Waals surface area contributed by atoms with Crippen LogP contribution in [0, 0.1) is 0 Å². The largest absolute Gasteiger partial charge is 0.465 e. The van der Waals surface area contributed by atoms with E-state index in [1.807, 2.05) is 18.7 Å². The number of urea groups is 1. The molecule has 0 aliphatic carbocycles. The smallest absolute Gasteiger partial charge is 0.325 e. The van der Waals surface area contributed by atoms with Gasteiger partial charge in [-0.15, -0.1) is 0 Å². The Kier molecular flexibility index (Phi) is 5.71. The SMILES string of the molecule is CCOC(=O)CN(CCN1C(=O)NC(C)(C)C1=O)C(C)C. The lowest BCUT2D eigenvalue weighted by molar-refractivity contribution is -0.144. The van der Waals surface area contributed by atoms with E-state index in [4.69, 9.17) is 4.74 Å². The van der Waals surface area contributed by atoms with E-state index in [9.17, 15) is 14.4 Å². The molecule has 0 aromatic rings. The van der Waals surface area contributed by atoms with Crippen LogP contribution in [0.5, 0.6) is 0 Å². The molecule has 21 heavy (non-hydrogen) atoms. The molecule has 0 radical (unpaired) electrons. The summed E-state index contributed by atoms with van der Waals surface area (Å²) in [5.74, 6) is -0.545. The Hall–Kier alpha value is -1.63. The van der Waals surface area contributed by atoms with Gasteiger partial charge < -0.3 is 10.1 Å². The highest BCUT2D eigenvalue weighted by molar-refractivity contribution is 6.06. The number of hydrogen-bond acceptors (Lipinski definition) is 5. The first-order valence-electron chi connectivity index (χ1n) is 7.22. The van der Waals surface area contributed by atoms with Gasteiger partial charge in [0.1, 0.15) is 5.54 Å². The van der Waals surface area contributed by atoms with Crippen molar-refractivity contribution in [1.82, 2.24) is 15.1 Å². The fourth-order valence-electron chi connectivity index (χ4n) is 2.14. The molecule has 0 bridgehead atoms. The fourth-order valence-corrected chi connectivity index (χ4v) is 2.14. The van der Waals surface area contributed by atoms with Gasteiger partial charge in [0, 0.05) is 19.1 Å². The average molecular weight is 299 g/mol. The van der Waals surface area contributed by atoms with Crippen LogP contribution < -0.4 is 5.32 Å². The monoisotopic (exact) mass is 299 g/mol. The van der Waals surface area contributed by atoms with Crippen molar-refractivity contribution in [2.24, 2.45) is 0 Å². The molecule has 1 N–H and O–H groups in total. The topological polar surface area (TPSA) is 79.0 Å². The zero-order valence-corrected chi connectivity index (χ0v) is 13.4. The molecule has 3 amide bonds. The van der Waals surface area contributed by atoms with E-state index in [-0.39, 0.29) is 37.0 Å². The van der Waals surface area contributed by atoms with Crippen molar-refractivity contribution in [3.63, 3.8) is 0 Å². The Morgan fingerprint density at radius 2 is 2.00 bits per heavy atom. The van der Waals surface area contributed by atoms with E-state index in [0.717, 1.165) is 0 Å². The van der Waals surface area contributed by atoms with Crippen molar-refractivity contribution < 1.29 is 19.1 Å². The normalized spacial score (nSPS) is 17.6. The first-order valence-corrected chi connectivity index (χ1v) is 7.22. The van der Waals surface area contributed by atoms with Gasteiger partial charge in [0.25, 0.3) is 5.91 Å². The Labute approximate surface area is 125 Å². The summed E-state index contributed by atoms with van der Waals surface area (Å²) in [5, 5.41) is 2.63. The molecule has 1 heterocycles. The maximum Gasteiger partial charge on any atom is 0.325 e. The number of hydrogen-bond donors (Lipinski definition) is 1. The Morgan fingerprint density at radius 3 is 2.43 bits per heavy atom. The standard InChI is InChI=1S/C14H25N3O4/c1-6-21-11(18)9-16(10(2)3)7-8-17-12(19)14(4,5)15-13(17)20/h10H,6-9H2,1-5H3,(H,15,20). The second-order valence-corrected chi connectivity index (χ2v) is 5.88. The highest BCUT2D eigenvalue weighted by Crippen LogP contribution is 2.16. The van der Waals surface area contributed by atoms with Crippen LogP contribution in [-0.2, 0) is 14.3 Å². The summed E-state index contributed by atoms with van der Waals surface area (Å²) in [6.45, 7) is 10.2. The number of imide groups is 1. The van der Waals surface area contributed by atoms with Crippen molar-refractivity contribution in [3.05, 3.63) is 0 Å². The van der Waals surface area contributed by atoms with Gasteiger partial charge in [0.05, 0.1) is 13.2 Å². The van der Waals surface area contributed by atoms with Gasteiger partial charge in [-0.3, -0.25) is 19.4 Å². The number of esters is 1. The predicted octanol–water partition coefficient (Wildman–Crippen LogP) is 0.590. The number of nitrogens with one attached hydrogen (secondary N) is 1. The summed E-state index contributed by atoms with van der Waals surface area (Å²) in [7, 11) is 0. The highest BCUT2D eigenvalue weighted by Gasteiger charge is 2.44. The first kappa shape index (κ1) is 17.4. The average Bonchev–Trinajstić information content (AvgIpc) is 2.55. The molecular weight excluding hydrogens is 274 g/mol. The van der Waals surface area contributed by atoms with E-state index >= 15 is 0 Å². The third kappa shape index (κ3) is 4.42. The Morgan fingerprint density at radius 1 is 1.38 bits per heavy atom. The minimum atomic E-state index is -0.860. The minimum Gasteiger partial charge on any atom is -0.465 e. The quantitative estimate of drug-likeness (QED) is 0.550. The van der Waals surface area contributed by atoms with Crippen LogP contribution in [0.25, 0.3) is 0 Å². The van der Waals surface area contributed by atoms with Gasteiger partial charge >= 0.3 is 12.0 Å². The summed E-state index contributed by atoms with van der Waals surface area (Å²) < 4.78 is 4.93. The summed E-state index contributed by atoms with van der Waals surface area (Å²) in [6.07, 6.45) is 0. The van der Waals surface area contributed by atoms with Gasteiger partial charge in [-0.25, -0.2) is 4.79 Å². The van der Waals surface area contributed by atoms with Crippen LogP contribution >= 0.6 is 0 Å². The van der Waals surface area contributed by atoms with E-state index in [0.29, 0.717) is 13.2 Å². The number of rotatable bonds is 7. The molecule has 0 spiro atoms. The fraction of sp³-hybridized carbons (Fsp3) is 0.786. The molecule has 1 aliphatic heterocycles. The van der Waals surface area contributed by atoms with Crippen LogP contribution in [0.4, 0.5) is 4.79 Å². The second kappa shape index (κ2) is 6.89. The molecule has 1 aliphatic rings. The number of nitrogens with zero attached hydrogens (tertiary/aromatic N) is 2. The van der Waals surface area contributed by atoms with Crippen LogP contribution in [-0.4, -0.2) is 65.5 Å². The molecule has 7 nitrogen and oxygen atoms in total. The summed E-state index contributed by atoms with van der Waals surface area (Å²) >= 11 is 0. The maximum absolute atomic E-state index is 12.1. The van der Waals surface area contributed by atoms with Gasteiger partial charge in [0.2, 0.25) is 0 Å². The summed E-state index contributed by atoms with van der Waals surface area (Å²) in [6, 6.07) is -0.270. The number of carbonyl (C=O) groups excluding carboxylic acids is 3. The molecule has 7 heteroatoms. The lowest BCUT2D eigenvalue weighted by Gasteiger charge is -2.27. The molecule has 0 atom stereocenters. The first-order chi connectivity index (χ1) is 9.69. The van der Waals surface area contributed by atoms with Gasteiger partial charge in [-0.1, -0.05) is 0 Å². The zero-order valence-electron chi connectivity index (χ0n) is 13.4. The third-order valence-corrected chi connectivity index (χ3v) is 3.42. The van der Waals surface area contributed by atoms with Crippen molar-refractivity contribution >= 4 is 17.9 Å². The molecule has 0 saturated carbocycles. The lowest BCUT2D eigenvalue weighted by Crippen LogP contribution is -2.44. The minimum absolute atomic E-state index is 0.114. The van der Waals surface area contributed by atoms with Crippen molar-refractivity contribution in [2.45, 2.75) is 46.2 Å². The van der Waals surface area contributed by atoms with Crippen LogP contribution in [0.2, 0.25) is 0 Å². The van der Waals surface area contributed by atoms with E-state index in [2.05, 4.69) is 5.32 Å². The molecule has 1 rings (SSSR count). The highest BCUT2D eigenvalue weighted by atomic mass is 16.5. The van der Waals surface area contributed by atoms with Crippen LogP contribution in [0.3, 0.4) is 0 Å². The zero-order chi connectivity index (χ0) is 16.2. The summed E-state index contributed by atoms with van der Waals surface area (Å²) in [5.41, 5.74) is -0.860. The molecule has 120 valence electrons. The Balaban J connectivity index is 2.60. The molecular formula is C14H25N3O4. The van der Waals surface area contributed by atoms with Crippen molar-refractivity contribution in [1.29, 1.82) is 0 Å². The second-order valence-electron chi connectivity index (χ2n) is 5.88. The van der Waals surface area contributed by atoms with Crippen molar-refractivity contribution in [2.75, 3.05) is 26.2 Å². The molecule has 0 unspecified atom stereocenters. The molecule has 1 fully saturated rings. The molecule has 0 aromatic carbocycles. The van der Waals surface area contributed by atoms with Crippen LogP contribution in [0.1, 0.15) is 34.6 Å². The summed E-state index contributed by atoms with van der Waals surface area (Å²) in [4.78, 5) is 38.5. The third-order valence-electron chi connectivity index (χ3n) is 3.42. The van der Waals surface area contributed by atoms with Gasteiger partial charge in [0.15, 0.2) is 0 Å². The Bertz CT molecular complexity index is 420. The van der Waals surface area contributed by atoms with Crippen LogP contribution in [0.15, 0.2) is 0 Å². The number of carbonyl (C=O) groups is 3. The van der Waals surface area contributed by atoms with E-state index in [1.54, 1.807) is 20.8 Å². The lowest BCUT2D eigenvalue weighted by atomic mass is 10.1. The number of amides is 3.